The molecule has 0 fully saturated rings. The van der Waals surface area contributed by atoms with Crippen molar-refractivity contribution in [3.05, 3.63) is 114 Å². The van der Waals surface area contributed by atoms with Crippen LogP contribution in [0.2, 0.25) is 0 Å². The first-order valence-corrected chi connectivity index (χ1v) is 20.4. The van der Waals surface area contributed by atoms with Crippen molar-refractivity contribution in [1.29, 1.82) is 0 Å². The van der Waals surface area contributed by atoms with Crippen molar-refractivity contribution in [3.63, 3.8) is 0 Å². The molecule has 0 saturated heterocycles. The van der Waals surface area contributed by atoms with Gasteiger partial charge in [0.15, 0.2) is 11.5 Å². The average molecular weight is 693 g/mol. The first kappa shape index (κ1) is 41.7. The van der Waals surface area contributed by atoms with E-state index in [2.05, 4.69) is 71.0 Å². The van der Waals surface area contributed by atoms with Crippen LogP contribution < -0.4 is 9.47 Å². The van der Waals surface area contributed by atoms with Crippen molar-refractivity contribution in [1.82, 2.24) is 0 Å². The van der Waals surface area contributed by atoms with E-state index >= 15 is 0 Å². The molecular weight excluding hydrogens is 625 g/mol. The summed E-state index contributed by atoms with van der Waals surface area (Å²) in [5.74, 6) is 4.79. The fraction of sp³-hybridized carbons (Fsp3) is 0.500. The van der Waals surface area contributed by atoms with E-state index in [4.69, 9.17) is 14.6 Å². The molecule has 0 spiro atoms. The van der Waals surface area contributed by atoms with E-state index < -0.39 is 0 Å². The summed E-state index contributed by atoms with van der Waals surface area (Å²) in [6.45, 7) is 11.3. The molecular formula is C48H68O3. The highest BCUT2D eigenvalue weighted by Crippen LogP contribution is 2.38. The monoisotopic (exact) mass is 693 g/mol. The summed E-state index contributed by atoms with van der Waals surface area (Å²) < 4.78 is 12.8. The third-order valence-electron chi connectivity index (χ3n) is 9.81. The molecule has 0 bridgehead atoms. The highest BCUT2D eigenvalue weighted by atomic mass is 16.5. The highest BCUT2D eigenvalue weighted by Gasteiger charge is 2.15. The van der Waals surface area contributed by atoms with Gasteiger partial charge in [-0.2, -0.15) is 0 Å². The Morgan fingerprint density at radius 1 is 0.451 bits per heavy atom. The molecule has 4 aromatic rings. The van der Waals surface area contributed by atoms with Crippen LogP contribution in [0.1, 0.15) is 166 Å². The zero-order chi connectivity index (χ0) is 36.5. The van der Waals surface area contributed by atoms with Crippen molar-refractivity contribution in [2.24, 2.45) is 0 Å². The van der Waals surface area contributed by atoms with Gasteiger partial charge in [0.05, 0.1) is 0 Å². The number of benzene rings is 4. The summed E-state index contributed by atoms with van der Waals surface area (Å²) in [6.07, 6.45) is 21.5. The number of phenolic OH excluding ortho intramolecular Hbond substituents is 1. The van der Waals surface area contributed by atoms with Crippen molar-refractivity contribution >= 4 is 0 Å². The fourth-order valence-electron chi connectivity index (χ4n) is 6.86. The predicted molar refractivity (Wildman–Crippen MR) is 219 cm³/mol. The van der Waals surface area contributed by atoms with Gasteiger partial charge in [0.25, 0.3) is 0 Å². The van der Waals surface area contributed by atoms with Gasteiger partial charge in [-0.1, -0.05) is 154 Å². The topological polar surface area (TPSA) is 38.7 Å². The minimum atomic E-state index is 0.363. The fourth-order valence-corrected chi connectivity index (χ4v) is 6.86. The molecule has 2 atom stereocenters. The molecule has 3 heteroatoms. The summed E-state index contributed by atoms with van der Waals surface area (Å²) >= 11 is 0. The van der Waals surface area contributed by atoms with Crippen molar-refractivity contribution in [2.75, 3.05) is 0 Å². The van der Waals surface area contributed by atoms with Crippen LogP contribution in [-0.2, 0) is 6.42 Å². The maximum atomic E-state index is 9.13. The molecule has 4 rings (SSSR count). The Morgan fingerprint density at radius 3 is 1.39 bits per heavy atom. The number of para-hydroxylation sites is 2. The average Bonchev–Trinajstić information content (AvgIpc) is 3.15. The number of rotatable bonds is 23. The Bertz CT molecular complexity index is 1380. The normalized spacial score (nSPS) is 12.1. The SMILES string of the molecule is CCCCC(CCC)c1cccc(Oc2ccccc2Oc2cccc(C(CCC)CCCC)c2)c1.CCCCCCCCc1ccc(O)cc1. The van der Waals surface area contributed by atoms with Gasteiger partial charge in [0.1, 0.15) is 17.2 Å². The zero-order valence-electron chi connectivity index (χ0n) is 32.7. The molecule has 0 aromatic heterocycles. The molecule has 4 aromatic carbocycles. The van der Waals surface area contributed by atoms with E-state index in [0.717, 1.165) is 29.4 Å². The van der Waals surface area contributed by atoms with Crippen LogP contribution in [0.5, 0.6) is 28.7 Å². The van der Waals surface area contributed by atoms with Crippen LogP contribution in [0.15, 0.2) is 97.1 Å². The number of aryl methyl sites for hydroxylation is 1. The summed E-state index contributed by atoms with van der Waals surface area (Å²) in [5, 5.41) is 9.13. The maximum absolute atomic E-state index is 9.13. The lowest BCUT2D eigenvalue weighted by molar-refractivity contribution is 0.417. The molecule has 0 heterocycles. The lowest BCUT2D eigenvalue weighted by Gasteiger charge is -2.19. The molecule has 0 amide bonds. The molecule has 0 saturated carbocycles. The quantitative estimate of drug-likeness (QED) is 0.0787. The highest BCUT2D eigenvalue weighted by molar-refractivity contribution is 5.46. The third kappa shape index (κ3) is 16.0. The van der Waals surface area contributed by atoms with Gasteiger partial charge in [-0.3, -0.25) is 0 Å². The first-order chi connectivity index (χ1) is 25.0. The van der Waals surface area contributed by atoms with Gasteiger partial charge in [-0.15, -0.1) is 0 Å². The number of aromatic hydroxyl groups is 1. The van der Waals surface area contributed by atoms with Crippen molar-refractivity contribution in [2.45, 2.75) is 156 Å². The lowest BCUT2D eigenvalue weighted by atomic mass is 9.89. The summed E-state index contributed by atoms with van der Waals surface area (Å²) in [4.78, 5) is 0. The van der Waals surface area contributed by atoms with Gasteiger partial charge in [0, 0.05) is 0 Å². The van der Waals surface area contributed by atoms with Gasteiger partial charge >= 0.3 is 0 Å². The summed E-state index contributed by atoms with van der Waals surface area (Å²) in [6, 6.07) is 32.9. The molecule has 51 heavy (non-hydrogen) atoms. The third-order valence-corrected chi connectivity index (χ3v) is 9.81. The number of unbranched alkanes of at least 4 members (excludes halogenated alkanes) is 7. The van der Waals surface area contributed by atoms with E-state index in [1.165, 1.54) is 119 Å². The van der Waals surface area contributed by atoms with Crippen LogP contribution >= 0.6 is 0 Å². The summed E-state index contributed by atoms with van der Waals surface area (Å²) in [7, 11) is 0. The second kappa shape index (κ2) is 25.3. The Labute approximate surface area is 311 Å². The zero-order valence-corrected chi connectivity index (χ0v) is 32.7. The molecule has 0 radical (unpaired) electrons. The Kier molecular flexibility index (Phi) is 20.7. The molecule has 1 N–H and O–H groups in total. The molecule has 0 aliphatic carbocycles. The van der Waals surface area contributed by atoms with E-state index in [0.29, 0.717) is 17.6 Å². The minimum absolute atomic E-state index is 0.363. The number of hydrogen-bond donors (Lipinski definition) is 1. The number of ether oxygens (including phenoxy) is 2. The Balaban J connectivity index is 0.000000391. The predicted octanol–water partition coefficient (Wildman–Crippen LogP) is 15.7. The summed E-state index contributed by atoms with van der Waals surface area (Å²) in [5.41, 5.74) is 4.09. The van der Waals surface area contributed by atoms with Crippen molar-refractivity contribution in [3.8, 4) is 28.7 Å². The van der Waals surface area contributed by atoms with Crippen LogP contribution in [-0.4, -0.2) is 5.11 Å². The second-order valence-electron chi connectivity index (χ2n) is 14.2. The Morgan fingerprint density at radius 2 is 0.922 bits per heavy atom. The van der Waals surface area contributed by atoms with Crippen LogP contribution in [0.25, 0.3) is 0 Å². The molecule has 3 nitrogen and oxygen atoms in total. The van der Waals surface area contributed by atoms with Gasteiger partial charge in [0.2, 0.25) is 0 Å². The number of hydrogen-bond acceptors (Lipinski definition) is 3. The molecule has 0 aliphatic rings. The molecule has 2 unspecified atom stereocenters. The number of phenols is 1. The van der Waals surface area contributed by atoms with Gasteiger partial charge < -0.3 is 14.6 Å². The minimum Gasteiger partial charge on any atom is -0.508 e. The van der Waals surface area contributed by atoms with Gasteiger partial charge in [-0.25, -0.2) is 0 Å². The maximum Gasteiger partial charge on any atom is 0.169 e. The smallest absolute Gasteiger partial charge is 0.169 e. The van der Waals surface area contributed by atoms with Crippen LogP contribution in [0.3, 0.4) is 0 Å². The van der Waals surface area contributed by atoms with E-state index in [1.54, 1.807) is 12.1 Å². The standard InChI is InChI=1S/C34H46O2.C14H22O/c1-5-9-17-27(15-7-3)29-19-13-21-31(25-29)35-33-23-11-12-24-34(33)36-32-22-14-20-30(26-32)28(16-8-4)18-10-6-2;1-2-3-4-5-6-7-8-13-9-11-14(15)12-10-13/h11-14,19-28H,5-10,15-18H2,1-4H3;9-12,15H,2-8H2,1H3. The van der Waals surface area contributed by atoms with Crippen LogP contribution in [0.4, 0.5) is 0 Å². The van der Waals surface area contributed by atoms with Crippen LogP contribution in [0, 0.1) is 0 Å². The first-order valence-electron chi connectivity index (χ1n) is 20.4. The Hall–Kier alpha value is -3.72. The molecule has 278 valence electrons. The van der Waals surface area contributed by atoms with Crippen molar-refractivity contribution < 1.29 is 14.6 Å². The van der Waals surface area contributed by atoms with E-state index in [9.17, 15) is 0 Å². The largest absolute Gasteiger partial charge is 0.508 e. The lowest BCUT2D eigenvalue weighted by Crippen LogP contribution is -2.00. The van der Waals surface area contributed by atoms with E-state index in [1.807, 2.05) is 48.5 Å². The van der Waals surface area contributed by atoms with Gasteiger partial charge in [-0.05, 0) is 116 Å². The van der Waals surface area contributed by atoms with E-state index in [-0.39, 0.29) is 0 Å². The molecule has 0 aliphatic heterocycles. The second-order valence-corrected chi connectivity index (χ2v) is 14.2.